The standard InChI is InChI=1S/C22H24N2O5/c1-5-24(22(26)15-9-18(28-3)11-19(10-15)29-4)13-16-8-14-6-7-17(27-2)12-20(14)23-21(16)25/h6-12H,5,13H2,1-4H3,(H,23,25). The van der Waals surface area contributed by atoms with Crippen molar-refractivity contribution >= 4 is 16.8 Å². The van der Waals surface area contributed by atoms with Gasteiger partial charge in [0.05, 0.1) is 33.4 Å². The largest absolute Gasteiger partial charge is 0.497 e. The molecule has 0 saturated heterocycles. The fourth-order valence-electron chi connectivity index (χ4n) is 3.12. The highest BCUT2D eigenvalue weighted by Gasteiger charge is 2.18. The van der Waals surface area contributed by atoms with Crippen LogP contribution in [-0.4, -0.2) is 43.7 Å². The first-order valence-corrected chi connectivity index (χ1v) is 9.21. The molecule has 29 heavy (non-hydrogen) atoms. The Morgan fingerprint density at radius 2 is 1.59 bits per heavy atom. The van der Waals surface area contributed by atoms with E-state index in [1.165, 1.54) is 14.2 Å². The van der Waals surface area contributed by atoms with Gasteiger partial charge in [-0.2, -0.15) is 0 Å². The molecule has 0 aliphatic heterocycles. The molecule has 0 spiro atoms. The van der Waals surface area contributed by atoms with E-state index >= 15 is 0 Å². The number of amides is 1. The van der Waals surface area contributed by atoms with Crippen LogP contribution in [0.15, 0.2) is 47.3 Å². The molecule has 1 N–H and O–H groups in total. The highest BCUT2D eigenvalue weighted by molar-refractivity contribution is 5.95. The third kappa shape index (κ3) is 4.34. The molecule has 2 aromatic carbocycles. The van der Waals surface area contributed by atoms with Crippen LogP contribution in [-0.2, 0) is 6.54 Å². The topological polar surface area (TPSA) is 80.9 Å². The van der Waals surface area contributed by atoms with Crippen LogP contribution in [0.25, 0.3) is 10.9 Å². The van der Waals surface area contributed by atoms with Crippen molar-refractivity contribution in [3.63, 3.8) is 0 Å². The number of aromatic nitrogens is 1. The van der Waals surface area contributed by atoms with Gasteiger partial charge in [-0.3, -0.25) is 9.59 Å². The zero-order valence-corrected chi connectivity index (χ0v) is 16.9. The van der Waals surface area contributed by atoms with Gasteiger partial charge in [-0.1, -0.05) is 0 Å². The molecule has 7 nitrogen and oxygen atoms in total. The van der Waals surface area contributed by atoms with Crippen molar-refractivity contribution in [3.05, 3.63) is 63.9 Å². The Balaban J connectivity index is 1.92. The molecule has 7 heteroatoms. The van der Waals surface area contributed by atoms with Crippen molar-refractivity contribution in [3.8, 4) is 17.2 Å². The molecule has 0 radical (unpaired) electrons. The van der Waals surface area contributed by atoms with E-state index < -0.39 is 0 Å². The van der Waals surface area contributed by atoms with Crippen LogP contribution in [0.3, 0.4) is 0 Å². The third-order valence-electron chi connectivity index (χ3n) is 4.76. The Hall–Kier alpha value is -3.48. The minimum absolute atomic E-state index is 0.187. The normalized spacial score (nSPS) is 10.6. The van der Waals surface area contributed by atoms with Crippen molar-refractivity contribution in [1.82, 2.24) is 9.88 Å². The molecule has 3 rings (SSSR count). The number of H-pyrrole nitrogens is 1. The van der Waals surface area contributed by atoms with Crippen molar-refractivity contribution in [2.45, 2.75) is 13.5 Å². The summed E-state index contributed by atoms with van der Waals surface area (Å²) >= 11 is 0. The fourth-order valence-corrected chi connectivity index (χ4v) is 3.12. The summed E-state index contributed by atoms with van der Waals surface area (Å²) in [6.07, 6.45) is 0. The lowest BCUT2D eigenvalue weighted by Crippen LogP contribution is -2.32. The molecule has 0 unspecified atom stereocenters. The summed E-state index contributed by atoms with van der Waals surface area (Å²) in [6.45, 7) is 2.50. The van der Waals surface area contributed by atoms with Crippen LogP contribution in [0.2, 0.25) is 0 Å². The van der Waals surface area contributed by atoms with Gasteiger partial charge < -0.3 is 24.1 Å². The zero-order chi connectivity index (χ0) is 21.0. The molecule has 0 aliphatic rings. The van der Waals surface area contributed by atoms with E-state index in [0.29, 0.717) is 40.4 Å². The average molecular weight is 396 g/mol. The van der Waals surface area contributed by atoms with E-state index in [4.69, 9.17) is 14.2 Å². The highest BCUT2D eigenvalue weighted by Crippen LogP contribution is 2.24. The molecule has 0 aliphatic carbocycles. The number of fused-ring (bicyclic) bond motifs is 1. The maximum absolute atomic E-state index is 13.1. The monoisotopic (exact) mass is 396 g/mol. The van der Waals surface area contributed by atoms with E-state index in [9.17, 15) is 9.59 Å². The first kappa shape index (κ1) is 20.3. The fraction of sp³-hybridized carbons (Fsp3) is 0.273. The first-order valence-electron chi connectivity index (χ1n) is 9.21. The van der Waals surface area contributed by atoms with E-state index in [1.807, 2.05) is 19.1 Å². The number of nitrogens with zero attached hydrogens (tertiary/aromatic N) is 1. The quantitative estimate of drug-likeness (QED) is 0.663. The lowest BCUT2D eigenvalue weighted by Gasteiger charge is -2.21. The predicted octanol–water partition coefficient (Wildman–Crippen LogP) is 3.22. The first-order chi connectivity index (χ1) is 14.0. The van der Waals surface area contributed by atoms with Crippen LogP contribution in [0, 0.1) is 0 Å². The van der Waals surface area contributed by atoms with Crippen molar-refractivity contribution in [2.75, 3.05) is 27.9 Å². The lowest BCUT2D eigenvalue weighted by molar-refractivity contribution is 0.0751. The lowest BCUT2D eigenvalue weighted by atomic mass is 10.1. The molecule has 0 bridgehead atoms. The summed E-state index contributed by atoms with van der Waals surface area (Å²) in [5.41, 5.74) is 1.39. The maximum Gasteiger partial charge on any atom is 0.254 e. The second kappa shape index (κ2) is 8.68. The minimum atomic E-state index is -0.236. The Labute approximate surface area is 168 Å². The molecule has 0 fully saturated rings. The van der Waals surface area contributed by atoms with Gasteiger partial charge >= 0.3 is 0 Å². The summed E-state index contributed by atoms with van der Waals surface area (Å²) in [6, 6.07) is 12.3. The number of methoxy groups -OCH3 is 3. The molecular weight excluding hydrogens is 372 g/mol. The summed E-state index contributed by atoms with van der Waals surface area (Å²) in [5.74, 6) is 1.51. The van der Waals surface area contributed by atoms with Crippen molar-refractivity contribution in [2.24, 2.45) is 0 Å². The van der Waals surface area contributed by atoms with Gasteiger partial charge in [0.1, 0.15) is 17.2 Å². The zero-order valence-electron chi connectivity index (χ0n) is 16.9. The number of rotatable bonds is 7. The molecule has 0 saturated carbocycles. The minimum Gasteiger partial charge on any atom is -0.497 e. The summed E-state index contributed by atoms with van der Waals surface area (Å²) in [4.78, 5) is 30.1. The van der Waals surface area contributed by atoms with Gasteiger partial charge in [-0.15, -0.1) is 0 Å². The van der Waals surface area contributed by atoms with Crippen LogP contribution < -0.4 is 19.8 Å². The van der Waals surface area contributed by atoms with Crippen molar-refractivity contribution in [1.29, 1.82) is 0 Å². The Morgan fingerprint density at radius 1 is 0.931 bits per heavy atom. The van der Waals surface area contributed by atoms with Gasteiger partial charge in [0.15, 0.2) is 0 Å². The van der Waals surface area contributed by atoms with Crippen molar-refractivity contribution < 1.29 is 19.0 Å². The number of hydrogen-bond acceptors (Lipinski definition) is 5. The smallest absolute Gasteiger partial charge is 0.254 e. The number of aromatic amines is 1. The van der Waals surface area contributed by atoms with Gasteiger partial charge in [-0.05, 0) is 42.6 Å². The molecule has 3 aromatic rings. The van der Waals surface area contributed by atoms with E-state index in [2.05, 4.69) is 4.98 Å². The van der Waals surface area contributed by atoms with Crippen LogP contribution >= 0.6 is 0 Å². The average Bonchev–Trinajstić information content (AvgIpc) is 2.76. The van der Waals surface area contributed by atoms with Crippen LogP contribution in [0.5, 0.6) is 17.2 Å². The number of ether oxygens (including phenoxy) is 3. The maximum atomic E-state index is 13.1. The molecule has 1 amide bonds. The van der Waals surface area contributed by atoms with Gasteiger partial charge in [0.25, 0.3) is 11.5 Å². The van der Waals surface area contributed by atoms with Gasteiger partial charge in [-0.25, -0.2) is 0 Å². The number of carbonyl (C=O) groups is 1. The van der Waals surface area contributed by atoms with E-state index in [1.54, 1.807) is 42.3 Å². The molecular formula is C22H24N2O5. The molecule has 1 heterocycles. The Kier molecular flexibility index (Phi) is 6.07. The number of benzene rings is 2. The van der Waals surface area contributed by atoms with E-state index in [0.717, 1.165) is 5.39 Å². The number of hydrogen-bond donors (Lipinski definition) is 1. The summed E-state index contributed by atoms with van der Waals surface area (Å²) in [5, 5.41) is 0.868. The van der Waals surface area contributed by atoms with E-state index in [-0.39, 0.29) is 18.0 Å². The summed E-state index contributed by atoms with van der Waals surface area (Å²) < 4.78 is 15.7. The number of pyridine rings is 1. The second-order valence-electron chi connectivity index (χ2n) is 6.50. The van der Waals surface area contributed by atoms with Crippen LogP contribution in [0.4, 0.5) is 0 Å². The molecule has 1 aromatic heterocycles. The number of nitrogens with one attached hydrogen (secondary N) is 1. The summed E-state index contributed by atoms with van der Waals surface area (Å²) in [7, 11) is 4.64. The Bertz CT molecular complexity index is 1070. The SMILES string of the molecule is CCN(Cc1cc2ccc(OC)cc2[nH]c1=O)C(=O)c1cc(OC)cc(OC)c1. The van der Waals surface area contributed by atoms with Gasteiger partial charge in [0.2, 0.25) is 0 Å². The Morgan fingerprint density at radius 3 is 2.17 bits per heavy atom. The molecule has 0 atom stereocenters. The van der Waals surface area contributed by atoms with Gasteiger partial charge in [0, 0.05) is 29.8 Å². The number of carbonyl (C=O) groups excluding carboxylic acids is 1. The third-order valence-corrected chi connectivity index (χ3v) is 4.76. The predicted molar refractivity (Wildman–Crippen MR) is 111 cm³/mol. The highest BCUT2D eigenvalue weighted by atomic mass is 16.5. The van der Waals surface area contributed by atoms with Crippen LogP contribution in [0.1, 0.15) is 22.8 Å². The molecule has 152 valence electrons. The second-order valence-corrected chi connectivity index (χ2v) is 6.50.